The van der Waals surface area contributed by atoms with Gasteiger partial charge in [-0.3, -0.25) is 4.79 Å². The van der Waals surface area contributed by atoms with Gasteiger partial charge in [-0.2, -0.15) is 0 Å². The Morgan fingerprint density at radius 2 is 2.11 bits per heavy atom. The van der Waals surface area contributed by atoms with Gasteiger partial charge in [0.05, 0.1) is 11.9 Å². The smallest absolute Gasteiger partial charge is 0.254 e. The number of carbonyl (C=O) groups is 1. The Kier molecular flexibility index (Phi) is 3.33. The van der Waals surface area contributed by atoms with Crippen LogP contribution in [0.5, 0.6) is 11.6 Å². The fraction of sp³-hybridized carbons (Fsp3) is 0.0769. The third-order valence-electron chi connectivity index (χ3n) is 2.43. The van der Waals surface area contributed by atoms with E-state index in [1.807, 2.05) is 0 Å². The van der Waals surface area contributed by atoms with Gasteiger partial charge in [-0.1, -0.05) is 6.07 Å². The van der Waals surface area contributed by atoms with Crippen LogP contribution in [0, 0.1) is 12.7 Å². The van der Waals surface area contributed by atoms with Crippen LogP contribution in [0.25, 0.3) is 0 Å². The van der Waals surface area contributed by atoms with Crippen molar-refractivity contribution < 1.29 is 13.9 Å². The second kappa shape index (κ2) is 4.93. The maximum absolute atomic E-state index is 13.6. The molecule has 19 heavy (non-hydrogen) atoms. The van der Waals surface area contributed by atoms with Gasteiger partial charge in [-0.25, -0.2) is 9.37 Å². The molecule has 0 aliphatic carbocycles. The highest BCUT2D eigenvalue weighted by molar-refractivity contribution is 5.95. The maximum atomic E-state index is 13.6. The SMILES string of the molecule is Cc1ccc(F)c(Oc2ncc(N)cc2C(N)=O)c1. The van der Waals surface area contributed by atoms with E-state index in [9.17, 15) is 9.18 Å². The minimum atomic E-state index is -0.747. The lowest BCUT2D eigenvalue weighted by Crippen LogP contribution is -2.13. The van der Waals surface area contributed by atoms with Crippen molar-refractivity contribution in [1.82, 2.24) is 4.98 Å². The highest BCUT2D eigenvalue weighted by Gasteiger charge is 2.14. The van der Waals surface area contributed by atoms with Gasteiger partial charge in [0.2, 0.25) is 5.88 Å². The van der Waals surface area contributed by atoms with Crippen LogP contribution in [0.1, 0.15) is 15.9 Å². The number of amides is 1. The molecule has 0 spiro atoms. The maximum Gasteiger partial charge on any atom is 0.254 e. The number of halogens is 1. The number of nitrogens with zero attached hydrogens (tertiary/aromatic N) is 1. The minimum absolute atomic E-state index is 0.000839. The Morgan fingerprint density at radius 1 is 1.37 bits per heavy atom. The molecular formula is C13H12FN3O2. The topological polar surface area (TPSA) is 91.2 Å². The molecule has 0 saturated carbocycles. The van der Waals surface area contributed by atoms with Gasteiger partial charge in [0, 0.05) is 0 Å². The minimum Gasteiger partial charge on any atom is -0.435 e. The second-order valence-corrected chi connectivity index (χ2v) is 4.02. The zero-order chi connectivity index (χ0) is 14.0. The molecule has 0 unspecified atom stereocenters. The molecule has 6 heteroatoms. The summed E-state index contributed by atoms with van der Waals surface area (Å²) in [7, 11) is 0. The van der Waals surface area contributed by atoms with E-state index in [0.29, 0.717) is 0 Å². The van der Waals surface area contributed by atoms with E-state index in [4.69, 9.17) is 16.2 Å². The van der Waals surface area contributed by atoms with E-state index in [1.165, 1.54) is 24.4 Å². The van der Waals surface area contributed by atoms with E-state index < -0.39 is 11.7 Å². The van der Waals surface area contributed by atoms with Gasteiger partial charge in [-0.15, -0.1) is 0 Å². The van der Waals surface area contributed by atoms with Gasteiger partial charge >= 0.3 is 0 Å². The van der Waals surface area contributed by atoms with Crippen molar-refractivity contribution in [2.24, 2.45) is 5.73 Å². The third kappa shape index (κ3) is 2.79. The molecule has 5 nitrogen and oxygen atoms in total. The third-order valence-corrected chi connectivity index (χ3v) is 2.43. The fourth-order valence-electron chi connectivity index (χ4n) is 1.52. The number of nitrogens with two attached hydrogens (primary N) is 2. The summed E-state index contributed by atoms with van der Waals surface area (Å²) in [6.45, 7) is 1.79. The van der Waals surface area contributed by atoms with Crippen LogP contribution in [0.3, 0.4) is 0 Å². The Bertz CT molecular complexity index is 644. The largest absolute Gasteiger partial charge is 0.435 e. The first kappa shape index (κ1) is 12.8. The zero-order valence-electron chi connectivity index (χ0n) is 10.2. The first-order valence-electron chi connectivity index (χ1n) is 5.46. The molecule has 1 heterocycles. The number of primary amides is 1. The summed E-state index contributed by atoms with van der Waals surface area (Å²) in [5, 5.41) is 0. The van der Waals surface area contributed by atoms with Crippen LogP contribution >= 0.6 is 0 Å². The summed E-state index contributed by atoms with van der Waals surface area (Å²) < 4.78 is 18.9. The highest BCUT2D eigenvalue weighted by atomic mass is 19.1. The number of benzene rings is 1. The number of pyridine rings is 1. The summed E-state index contributed by atoms with van der Waals surface area (Å²) in [4.78, 5) is 15.1. The Balaban J connectivity index is 2.43. The predicted molar refractivity (Wildman–Crippen MR) is 68.4 cm³/mol. The standard InChI is InChI=1S/C13H12FN3O2/c1-7-2-3-10(14)11(4-7)19-13-9(12(16)18)5-8(15)6-17-13/h2-6H,15H2,1H3,(H2,16,18). The highest BCUT2D eigenvalue weighted by Crippen LogP contribution is 2.27. The van der Waals surface area contributed by atoms with Crippen LogP contribution in [-0.4, -0.2) is 10.9 Å². The van der Waals surface area contributed by atoms with Crippen molar-refractivity contribution in [3.63, 3.8) is 0 Å². The lowest BCUT2D eigenvalue weighted by atomic mass is 10.2. The molecule has 0 saturated heterocycles. The van der Waals surface area contributed by atoms with Crippen LogP contribution in [0.2, 0.25) is 0 Å². The molecule has 2 aromatic rings. The van der Waals surface area contributed by atoms with Crippen molar-refractivity contribution in [1.29, 1.82) is 0 Å². The number of nitrogen functional groups attached to an aromatic ring is 1. The molecule has 98 valence electrons. The van der Waals surface area contributed by atoms with E-state index in [1.54, 1.807) is 13.0 Å². The number of aromatic nitrogens is 1. The van der Waals surface area contributed by atoms with Crippen LogP contribution < -0.4 is 16.2 Å². The number of hydrogen-bond acceptors (Lipinski definition) is 4. The van der Waals surface area contributed by atoms with Gasteiger partial charge < -0.3 is 16.2 Å². The van der Waals surface area contributed by atoms with E-state index in [2.05, 4.69) is 4.98 Å². The fourth-order valence-corrected chi connectivity index (χ4v) is 1.52. The van der Waals surface area contributed by atoms with Gasteiger partial charge in [0.15, 0.2) is 11.6 Å². The number of hydrogen-bond donors (Lipinski definition) is 2. The number of rotatable bonds is 3. The van der Waals surface area contributed by atoms with Crippen LogP contribution in [-0.2, 0) is 0 Å². The number of anilines is 1. The summed E-state index contributed by atoms with van der Waals surface area (Å²) in [5.41, 5.74) is 11.8. The van der Waals surface area contributed by atoms with Crippen molar-refractivity contribution in [3.8, 4) is 11.6 Å². The molecule has 4 N–H and O–H groups in total. The molecule has 0 fully saturated rings. The molecule has 1 amide bonds. The Hall–Kier alpha value is -2.63. The van der Waals surface area contributed by atoms with E-state index in [0.717, 1.165) is 5.56 Å². The quantitative estimate of drug-likeness (QED) is 0.884. The molecule has 0 aliphatic heterocycles. The summed E-state index contributed by atoms with van der Waals surface area (Å²) in [6.07, 6.45) is 1.30. The van der Waals surface area contributed by atoms with Crippen LogP contribution in [0.4, 0.5) is 10.1 Å². The van der Waals surface area contributed by atoms with Gasteiger partial charge in [0.1, 0.15) is 5.56 Å². The zero-order valence-corrected chi connectivity index (χ0v) is 10.2. The monoisotopic (exact) mass is 261 g/mol. The van der Waals surface area contributed by atoms with E-state index >= 15 is 0 Å². The molecule has 0 bridgehead atoms. The lowest BCUT2D eigenvalue weighted by molar-refractivity contribution is 0.0997. The molecule has 1 aromatic carbocycles. The normalized spacial score (nSPS) is 10.2. The second-order valence-electron chi connectivity index (χ2n) is 4.02. The summed E-state index contributed by atoms with van der Waals surface area (Å²) >= 11 is 0. The number of carbonyl (C=O) groups excluding carboxylic acids is 1. The lowest BCUT2D eigenvalue weighted by Gasteiger charge is -2.09. The molecule has 1 aromatic heterocycles. The average molecular weight is 261 g/mol. The molecule has 2 rings (SSSR count). The molecule has 0 radical (unpaired) electrons. The first-order valence-corrected chi connectivity index (χ1v) is 5.46. The van der Waals surface area contributed by atoms with Gasteiger partial charge in [-0.05, 0) is 30.7 Å². The molecular weight excluding hydrogens is 249 g/mol. The Morgan fingerprint density at radius 3 is 2.79 bits per heavy atom. The van der Waals surface area contributed by atoms with Gasteiger partial charge in [0.25, 0.3) is 5.91 Å². The van der Waals surface area contributed by atoms with Crippen molar-refractivity contribution in [3.05, 3.63) is 47.4 Å². The summed E-state index contributed by atoms with van der Waals surface area (Å²) in [5.74, 6) is -1.41. The molecule has 0 atom stereocenters. The van der Waals surface area contributed by atoms with Crippen molar-refractivity contribution >= 4 is 11.6 Å². The number of aryl methyl sites for hydroxylation is 1. The summed E-state index contributed by atoms with van der Waals surface area (Å²) in [6, 6.07) is 5.70. The van der Waals surface area contributed by atoms with Crippen LogP contribution in [0.15, 0.2) is 30.5 Å². The predicted octanol–water partition coefficient (Wildman–Crippen LogP) is 2.00. The van der Waals surface area contributed by atoms with Crippen molar-refractivity contribution in [2.75, 3.05) is 5.73 Å². The average Bonchev–Trinajstić information content (AvgIpc) is 2.35. The van der Waals surface area contributed by atoms with E-state index in [-0.39, 0.29) is 22.9 Å². The molecule has 0 aliphatic rings. The number of ether oxygens (including phenoxy) is 1. The Labute approximate surface area is 109 Å². The first-order chi connectivity index (χ1) is 8.97. The van der Waals surface area contributed by atoms with Crippen molar-refractivity contribution in [2.45, 2.75) is 6.92 Å².